The van der Waals surface area contributed by atoms with E-state index in [0.29, 0.717) is 54.8 Å². The SMILES string of the molecule is COc1cccc(NC(=O)CSc2nc(Nc3ccccc3)nc(N3CCOCC3)n2)c1. The zero-order valence-electron chi connectivity index (χ0n) is 17.7. The molecular weight excluding hydrogens is 428 g/mol. The fourth-order valence-corrected chi connectivity index (χ4v) is 3.68. The highest BCUT2D eigenvalue weighted by molar-refractivity contribution is 7.99. The molecule has 9 nitrogen and oxygen atoms in total. The van der Waals surface area contributed by atoms with Gasteiger partial charge in [-0.2, -0.15) is 15.0 Å². The molecule has 1 aromatic heterocycles. The summed E-state index contributed by atoms with van der Waals surface area (Å²) < 4.78 is 10.6. The molecule has 1 amide bonds. The van der Waals surface area contributed by atoms with Gasteiger partial charge in [0.25, 0.3) is 0 Å². The number of para-hydroxylation sites is 1. The van der Waals surface area contributed by atoms with Crippen LogP contribution in [0.1, 0.15) is 0 Å². The number of anilines is 4. The first-order valence-electron chi connectivity index (χ1n) is 10.2. The summed E-state index contributed by atoms with van der Waals surface area (Å²) in [6, 6.07) is 16.9. The predicted octanol–water partition coefficient (Wildman–Crippen LogP) is 3.19. The largest absolute Gasteiger partial charge is 0.497 e. The van der Waals surface area contributed by atoms with E-state index in [1.807, 2.05) is 48.5 Å². The molecule has 0 unspecified atom stereocenters. The standard InChI is InChI=1S/C22H24N6O3S/c1-30-18-9-5-8-17(14-18)23-19(29)15-32-22-26-20(24-16-6-3-2-4-7-16)25-21(27-22)28-10-12-31-13-11-28/h2-9,14H,10-13,15H2,1H3,(H,23,29)(H,24,25,26,27). The quantitative estimate of drug-likeness (QED) is 0.499. The summed E-state index contributed by atoms with van der Waals surface area (Å²) in [5.74, 6) is 1.68. The Hall–Kier alpha value is -3.37. The van der Waals surface area contributed by atoms with Crippen molar-refractivity contribution in [1.29, 1.82) is 0 Å². The lowest BCUT2D eigenvalue weighted by molar-refractivity contribution is -0.113. The second kappa shape index (κ2) is 10.8. The number of nitrogens with one attached hydrogen (secondary N) is 2. The van der Waals surface area contributed by atoms with E-state index in [2.05, 4.69) is 30.5 Å². The minimum absolute atomic E-state index is 0.158. The summed E-state index contributed by atoms with van der Waals surface area (Å²) in [5, 5.41) is 6.55. The van der Waals surface area contributed by atoms with E-state index in [1.165, 1.54) is 11.8 Å². The van der Waals surface area contributed by atoms with Crippen molar-refractivity contribution >= 4 is 40.9 Å². The van der Waals surface area contributed by atoms with Gasteiger partial charge < -0.3 is 25.0 Å². The molecule has 32 heavy (non-hydrogen) atoms. The third-order valence-corrected chi connectivity index (χ3v) is 5.46. The summed E-state index contributed by atoms with van der Waals surface area (Å²) in [7, 11) is 1.59. The molecule has 0 radical (unpaired) electrons. The van der Waals surface area contributed by atoms with Gasteiger partial charge in [-0.25, -0.2) is 0 Å². The summed E-state index contributed by atoms with van der Waals surface area (Å²) >= 11 is 1.26. The molecule has 2 heterocycles. The van der Waals surface area contributed by atoms with E-state index < -0.39 is 0 Å². The van der Waals surface area contributed by atoms with E-state index in [-0.39, 0.29) is 11.7 Å². The molecule has 1 fully saturated rings. The molecule has 0 bridgehead atoms. The lowest BCUT2D eigenvalue weighted by Crippen LogP contribution is -2.37. The topological polar surface area (TPSA) is 102 Å². The third-order valence-electron chi connectivity index (χ3n) is 4.61. The van der Waals surface area contributed by atoms with Crippen molar-refractivity contribution in [3.63, 3.8) is 0 Å². The Kier molecular flexibility index (Phi) is 7.36. The molecule has 1 aliphatic heterocycles. The lowest BCUT2D eigenvalue weighted by Gasteiger charge is -2.27. The van der Waals surface area contributed by atoms with Crippen molar-refractivity contribution in [3.05, 3.63) is 54.6 Å². The Morgan fingerprint density at radius 1 is 1.06 bits per heavy atom. The van der Waals surface area contributed by atoms with Crippen molar-refractivity contribution in [2.24, 2.45) is 0 Å². The highest BCUT2D eigenvalue weighted by Gasteiger charge is 2.17. The molecule has 0 spiro atoms. The maximum absolute atomic E-state index is 12.5. The maximum atomic E-state index is 12.5. The number of benzene rings is 2. The molecule has 3 aromatic rings. The number of carbonyl (C=O) groups excluding carboxylic acids is 1. The van der Waals surface area contributed by atoms with Crippen molar-refractivity contribution in [1.82, 2.24) is 15.0 Å². The molecular formula is C22H24N6O3S. The van der Waals surface area contributed by atoms with Crippen molar-refractivity contribution in [3.8, 4) is 5.75 Å². The fourth-order valence-electron chi connectivity index (χ4n) is 3.05. The molecule has 1 aliphatic rings. The maximum Gasteiger partial charge on any atom is 0.234 e. The van der Waals surface area contributed by atoms with Crippen LogP contribution < -0.4 is 20.3 Å². The average molecular weight is 453 g/mol. The minimum Gasteiger partial charge on any atom is -0.497 e. The summed E-state index contributed by atoms with van der Waals surface area (Å²) in [4.78, 5) is 28.2. The van der Waals surface area contributed by atoms with E-state index in [0.717, 1.165) is 5.69 Å². The number of hydrogen-bond acceptors (Lipinski definition) is 9. The molecule has 1 saturated heterocycles. The van der Waals surface area contributed by atoms with Gasteiger partial charge >= 0.3 is 0 Å². The van der Waals surface area contributed by atoms with Crippen LogP contribution in [0.2, 0.25) is 0 Å². The van der Waals surface area contributed by atoms with Crippen LogP contribution >= 0.6 is 11.8 Å². The minimum atomic E-state index is -0.158. The Bertz CT molecular complexity index is 1050. The third kappa shape index (κ3) is 6.08. The molecule has 4 rings (SSSR count). The molecule has 0 atom stereocenters. The summed E-state index contributed by atoms with van der Waals surface area (Å²) in [6.07, 6.45) is 0. The predicted molar refractivity (Wildman–Crippen MR) is 125 cm³/mol. The number of hydrogen-bond donors (Lipinski definition) is 2. The van der Waals surface area contributed by atoms with E-state index in [9.17, 15) is 4.79 Å². The first-order valence-corrected chi connectivity index (χ1v) is 11.2. The number of carbonyl (C=O) groups is 1. The molecule has 0 aliphatic carbocycles. The van der Waals surface area contributed by atoms with Crippen molar-refractivity contribution < 1.29 is 14.3 Å². The number of nitrogens with zero attached hydrogens (tertiary/aromatic N) is 4. The Balaban J connectivity index is 1.47. The Morgan fingerprint density at radius 3 is 2.62 bits per heavy atom. The van der Waals surface area contributed by atoms with E-state index in [1.54, 1.807) is 13.2 Å². The smallest absolute Gasteiger partial charge is 0.234 e. The van der Waals surface area contributed by atoms with Gasteiger partial charge in [-0.3, -0.25) is 4.79 Å². The molecule has 10 heteroatoms. The second-order valence-electron chi connectivity index (χ2n) is 6.90. The molecule has 2 N–H and O–H groups in total. The normalized spacial score (nSPS) is 13.5. The van der Waals surface area contributed by atoms with Crippen LogP contribution in [0.5, 0.6) is 5.75 Å². The van der Waals surface area contributed by atoms with E-state index >= 15 is 0 Å². The lowest BCUT2D eigenvalue weighted by atomic mass is 10.3. The molecule has 166 valence electrons. The zero-order chi connectivity index (χ0) is 22.2. The van der Waals surface area contributed by atoms with Crippen LogP contribution in [0.3, 0.4) is 0 Å². The van der Waals surface area contributed by atoms with Gasteiger partial charge in [0, 0.05) is 30.5 Å². The Labute approximate surface area is 190 Å². The van der Waals surface area contributed by atoms with Gasteiger partial charge in [-0.1, -0.05) is 36.0 Å². The van der Waals surface area contributed by atoms with Crippen LogP contribution in [0.15, 0.2) is 59.8 Å². The van der Waals surface area contributed by atoms with Gasteiger partial charge in [0.05, 0.1) is 26.1 Å². The zero-order valence-corrected chi connectivity index (χ0v) is 18.5. The summed E-state index contributed by atoms with van der Waals surface area (Å²) in [5.41, 5.74) is 1.55. The van der Waals surface area contributed by atoms with Gasteiger partial charge in [-0.05, 0) is 24.3 Å². The number of rotatable bonds is 8. The number of morpholine rings is 1. The van der Waals surface area contributed by atoms with Crippen LogP contribution in [-0.4, -0.2) is 60.0 Å². The fraction of sp³-hybridized carbons (Fsp3) is 0.273. The van der Waals surface area contributed by atoms with Crippen LogP contribution in [0.25, 0.3) is 0 Å². The van der Waals surface area contributed by atoms with Crippen molar-refractivity contribution in [2.45, 2.75) is 5.16 Å². The number of aromatic nitrogens is 3. The van der Waals surface area contributed by atoms with Gasteiger partial charge in [0.1, 0.15) is 5.75 Å². The monoisotopic (exact) mass is 452 g/mol. The van der Waals surface area contributed by atoms with Crippen LogP contribution in [-0.2, 0) is 9.53 Å². The first-order chi connectivity index (χ1) is 15.7. The highest BCUT2D eigenvalue weighted by atomic mass is 32.2. The molecule has 2 aromatic carbocycles. The van der Waals surface area contributed by atoms with Crippen LogP contribution in [0.4, 0.5) is 23.3 Å². The number of thioether (sulfide) groups is 1. The van der Waals surface area contributed by atoms with E-state index in [4.69, 9.17) is 9.47 Å². The highest BCUT2D eigenvalue weighted by Crippen LogP contribution is 2.22. The summed E-state index contributed by atoms with van der Waals surface area (Å²) in [6.45, 7) is 2.65. The van der Waals surface area contributed by atoms with Gasteiger partial charge in [0.2, 0.25) is 17.8 Å². The number of amides is 1. The van der Waals surface area contributed by atoms with Gasteiger partial charge in [-0.15, -0.1) is 0 Å². The Morgan fingerprint density at radius 2 is 1.84 bits per heavy atom. The second-order valence-corrected chi connectivity index (χ2v) is 7.84. The average Bonchev–Trinajstić information content (AvgIpc) is 2.84. The molecule has 0 saturated carbocycles. The van der Waals surface area contributed by atoms with Gasteiger partial charge in [0.15, 0.2) is 5.16 Å². The van der Waals surface area contributed by atoms with Crippen LogP contribution in [0, 0.1) is 0 Å². The number of ether oxygens (including phenoxy) is 2. The first kappa shape index (κ1) is 21.8. The number of methoxy groups -OCH3 is 1. The van der Waals surface area contributed by atoms with Crippen molar-refractivity contribution in [2.75, 3.05) is 54.7 Å².